The molecule has 8 nitrogen and oxygen atoms in total. The zero-order valence-electron chi connectivity index (χ0n) is 11.9. The SMILES string of the molecule is N=C(N)CCCCCNC(=O)C(N)CCCN=C(N)N. The topological polar surface area (TPSA) is 169 Å². The van der Waals surface area contributed by atoms with Gasteiger partial charge < -0.3 is 28.3 Å². The zero-order chi connectivity index (χ0) is 15.4. The standard InChI is InChI=1S/C12H27N7O/c13-9(5-4-8-19-12(16)17)11(20)18-7-3-1-2-6-10(14)15/h9H,1-8,13H2,(H3,14,15)(H,18,20)(H4,16,17,19). The first-order chi connectivity index (χ1) is 9.43. The molecule has 0 aromatic heterocycles. The van der Waals surface area contributed by atoms with Crippen LogP contribution in [0.5, 0.6) is 0 Å². The molecule has 0 aromatic carbocycles. The first-order valence-electron chi connectivity index (χ1n) is 6.85. The number of carbonyl (C=O) groups is 1. The number of amides is 1. The fourth-order valence-corrected chi connectivity index (χ4v) is 1.61. The van der Waals surface area contributed by atoms with Gasteiger partial charge in [0.25, 0.3) is 0 Å². The fraction of sp³-hybridized carbons (Fsp3) is 0.750. The van der Waals surface area contributed by atoms with E-state index < -0.39 is 6.04 Å². The van der Waals surface area contributed by atoms with Crippen molar-refractivity contribution in [1.29, 1.82) is 5.41 Å². The van der Waals surface area contributed by atoms with E-state index in [0.717, 1.165) is 19.3 Å². The Morgan fingerprint density at radius 1 is 1.15 bits per heavy atom. The van der Waals surface area contributed by atoms with E-state index in [2.05, 4.69) is 10.3 Å². The van der Waals surface area contributed by atoms with E-state index in [9.17, 15) is 4.79 Å². The molecule has 0 aliphatic heterocycles. The van der Waals surface area contributed by atoms with Gasteiger partial charge in [-0.15, -0.1) is 0 Å². The summed E-state index contributed by atoms with van der Waals surface area (Å²) in [4.78, 5) is 15.5. The fourth-order valence-electron chi connectivity index (χ4n) is 1.61. The molecule has 0 spiro atoms. The lowest BCUT2D eigenvalue weighted by molar-refractivity contribution is -0.122. The van der Waals surface area contributed by atoms with Crippen LogP contribution in [-0.4, -0.2) is 36.8 Å². The molecule has 20 heavy (non-hydrogen) atoms. The Morgan fingerprint density at radius 3 is 2.45 bits per heavy atom. The molecule has 0 heterocycles. The molecular weight excluding hydrogens is 258 g/mol. The van der Waals surface area contributed by atoms with Crippen molar-refractivity contribution in [3.63, 3.8) is 0 Å². The number of rotatable bonds is 11. The molecule has 0 rings (SSSR count). The number of aliphatic imine (C=N–C) groups is 1. The number of nitrogens with zero attached hydrogens (tertiary/aromatic N) is 1. The average Bonchev–Trinajstić information content (AvgIpc) is 2.37. The van der Waals surface area contributed by atoms with Crippen LogP contribution in [0.2, 0.25) is 0 Å². The third-order valence-corrected chi connectivity index (χ3v) is 2.73. The highest BCUT2D eigenvalue weighted by Crippen LogP contribution is 1.99. The van der Waals surface area contributed by atoms with Crippen molar-refractivity contribution < 1.29 is 4.79 Å². The third kappa shape index (κ3) is 11.3. The van der Waals surface area contributed by atoms with Crippen molar-refractivity contribution in [2.24, 2.45) is 27.9 Å². The van der Waals surface area contributed by atoms with Gasteiger partial charge in [0.1, 0.15) is 0 Å². The van der Waals surface area contributed by atoms with Crippen molar-refractivity contribution in [3.05, 3.63) is 0 Å². The molecule has 0 saturated heterocycles. The number of guanidine groups is 1. The van der Waals surface area contributed by atoms with Gasteiger partial charge in [0.05, 0.1) is 11.9 Å². The molecule has 116 valence electrons. The number of amidine groups is 1. The summed E-state index contributed by atoms with van der Waals surface area (Å²) in [5.41, 5.74) is 21.4. The lowest BCUT2D eigenvalue weighted by atomic mass is 10.1. The van der Waals surface area contributed by atoms with Crippen LogP contribution in [0.4, 0.5) is 0 Å². The summed E-state index contributed by atoms with van der Waals surface area (Å²) in [6, 6.07) is -0.526. The van der Waals surface area contributed by atoms with Gasteiger partial charge in [-0.3, -0.25) is 15.2 Å². The molecule has 0 saturated carbocycles. The lowest BCUT2D eigenvalue weighted by Gasteiger charge is -2.11. The monoisotopic (exact) mass is 285 g/mol. The van der Waals surface area contributed by atoms with Gasteiger partial charge in [0.15, 0.2) is 5.96 Å². The number of hydrogen-bond acceptors (Lipinski definition) is 4. The summed E-state index contributed by atoms with van der Waals surface area (Å²) >= 11 is 0. The van der Waals surface area contributed by atoms with Crippen LogP contribution in [0.15, 0.2) is 4.99 Å². The van der Waals surface area contributed by atoms with Crippen molar-refractivity contribution in [3.8, 4) is 0 Å². The summed E-state index contributed by atoms with van der Waals surface area (Å²) in [7, 11) is 0. The van der Waals surface area contributed by atoms with Crippen LogP contribution in [0.1, 0.15) is 38.5 Å². The van der Waals surface area contributed by atoms with E-state index in [-0.39, 0.29) is 17.7 Å². The highest BCUT2D eigenvalue weighted by Gasteiger charge is 2.11. The Morgan fingerprint density at radius 2 is 1.85 bits per heavy atom. The minimum atomic E-state index is -0.526. The number of nitrogens with two attached hydrogens (primary N) is 4. The van der Waals surface area contributed by atoms with Gasteiger partial charge in [0, 0.05) is 19.5 Å². The second-order valence-corrected chi connectivity index (χ2v) is 4.68. The third-order valence-electron chi connectivity index (χ3n) is 2.73. The largest absolute Gasteiger partial charge is 0.388 e. The predicted octanol–water partition coefficient (Wildman–Crippen LogP) is -1.02. The van der Waals surface area contributed by atoms with Crippen LogP contribution in [-0.2, 0) is 4.79 Å². The number of hydrogen-bond donors (Lipinski definition) is 6. The zero-order valence-corrected chi connectivity index (χ0v) is 11.9. The van der Waals surface area contributed by atoms with Gasteiger partial charge >= 0.3 is 0 Å². The Kier molecular flexibility index (Phi) is 10.0. The molecular formula is C12H27N7O. The Bertz CT molecular complexity index is 326. The van der Waals surface area contributed by atoms with Crippen LogP contribution < -0.4 is 28.3 Å². The summed E-state index contributed by atoms with van der Waals surface area (Å²) < 4.78 is 0. The van der Waals surface area contributed by atoms with Crippen molar-refractivity contribution >= 4 is 17.7 Å². The Balaban J connectivity index is 3.55. The predicted molar refractivity (Wildman–Crippen MR) is 81.3 cm³/mol. The molecule has 1 amide bonds. The van der Waals surface area contributed by atoms with Crippen molar-refractivity contribution in [2.75, 3.05) is 13.1 Å². The lowest BCUT2D eigenvalue weighted by Crippen LogP contribution is -2.41. The smallest absolute Gasteiger partial charge is 0.236 e. The number of unbranched alkanes of at least 4 members (excludes halogenated alkanes) is 2. The molecule has 10 N–H and O–H groups in total. The highest BCUT2D eigenvalue weighted by atomic mass is 16.2. The normalized spacial score (nSPS) is 11.7. The summed E-state index contributed by atoms with van der Waals surface area (Å²) in [5, 5.41) is 9.86. The van der Waals surface area contributed by atoms with E-state index in [0.29, 0.717) is 32.4 Å². The summed E-state index contributed by atoms with van der Waals surface area (Å²) in [5.74, 6) is 0.103. The van der Waals surface area contributed by atoms with Crippen molar-refractivity contribution in [1.82, 2.24) is 5.32 Å². The van der Waals surface area contributed by atoms with Crippen LogP contribution in [0.3, 0.4) is 0 Å². The second-order valence-electron chi connectivity index (χ2n) is 4.68. The maximum atomic E-state index is 11.6. The van der Waals surface area contributed by atoms with Gasteiger partial charge in [-0.1, -0.05) is 6.42 Å². The average molecular weight is 285 g/mol. The minimum absolute atomic E-state index is 0.0496. The molecule has 1 atom stereocenters. The molecule has 0 aliphatic rings. The first kappa shape index (κ1) is 18.2. The van der Waals surface area contributed by atoms with Crippen LogP contribution in [0, 0.1) is 5.41 Å². The van der Waals surface area contributed by atoms with E-state index in [1.165, 1.54) is 0 Å². The second kappa shape index (κ2) is 11.0. The van der Waals surface area contributed by atoms with Crippen LogP contribution in [0.25, 0.3) is 0 Å². The van der Waals surface area contributed by atoms with E-state index in [1.54, 1.807) is 0 Å². The molecule has 0 radical (unpaired) electrons. The van der Waals surface area contributed by atoms with Gasteiger partial charge in [-0.05, 0) is 25.7 Å². The molecule has 0 aromatic rings. The Labute approximate surface area is 119 Å². The summed E-state index contributed by atoms with van der Waals surface area (Å²) in [6.07, 6.45) is 4.49. The minimum Gasteiger partial charge on any atom is -0.388 e. The number of carbonyl (C=O) groups excluding carboxylic acids is 1. The maximum absolute atomic E-state index is 11.6. The quantitative estimate of drug-likeness (QED) is 0.162. The van der Waals surface area contributed by atoms with Crippen LogP contribution >= 0.6 is 0 Å². The molecule has 0 fully saturated rings. The van der Waals surface area contributed by atoms with E-state index in [1.807, 2.05) is 0 Å². The maximum Gasteiger partial charge on any atom is 0.236 e. The number of nitrogens with one attached hydrogen (secondary N) is 2. The van der Waals surface area contributed by atoms with Gasteiger partial charge in [-0.2, -0.15) is 0 Å². The van der Waals surface area contributed by atoms with Gasteiger partial charge in [0.2, 0.25) is 5.91 Å². The molecule has 1 unspecified atom stereocenters. The highest BCUT2D eigenvalue weighted by molar-refractivity contribution is 5.81. The first-order valence-corrected chi connectivity index (χ1v) is 6.85. The van der Waals surface area contributed by atoms with Gasteiger partial charge in [-0.25, -0.2) is 0 Å². The Hall–Kier alpha value is -1.83. The molecule has 8 heteroatoms. The molecule has 0 bridgehead atoms. The van der Waals surface area contributed by atoms with E-state index >= 15 is 0 Å². The molecule has 0 aliphatic carbocycles. The van der Waals surface area contributed by atoms with E-state index in [4.69, 9.17) is 28.3 Å². The van der Waals surface area contributed by atoms with Crippen molar-refractivity contribution in [2.45, 2.75) is 44.6 Å². The summed E-state index contributed by atoms with van der Waals surface area (Å²) in [6.45, 7) is 1.08.